The summed E-state index contributed by atoms with van der Waals surface area (Å²) in [4.78, 5) is 19.0. The van der Waals surface area contributed by atoms with Crippen LogP contribution in [-0.4, -0.2) is 21.9 Å². The van der Waals surface area contributed by atoms with Crippen LogP contribution < -0.4 is 10.1 Å². The third-order valence-corrected chi connectivity index (χ3v) is 4.94. The molecule has 0 atom stereocenters. The van der Waals surface area contributed by atoms with Crippen LogP contribution >= 0.6 is 11.3 Å². The number of carbonyl (C=O) groups excluding carboxylic acids is 1. The quantitative estimate of drug-likeness (QED) is 0.805. The second kappa shape index (κ2) is 5.38. The fourth-order valence-corrected chi connectivity index (χ4v) is 3.82. The Morgan fingerprint density at radius 3 is 3.17 bits per heavy atom. The van der Waals surface area contributed by atoms with Gasteiger partial charge in [-0.3, -0.25) is 9.20 Å². The van der Waals surface area contributed by atoms with Gasteiger partial charge in [0, 0.05) is 24.0 Å². The number of hydrogen-bond donors (Lipinski definition) is 1. The number of amides is 1. The number of hydrogen-bond acceptors (Lipinski definition) is 4. The van der Waals surface area contributed by atoms with E-state index in [9.17, 15) is 4.79 Å². The number of nitrogens with one attached hydrogen (secondary N) is 1. The Hall–Kier alpha value is -2.34. The van der Waals surface area contributed by atoms with Crippen LogP contribution in [0.3, 0.4) is 0 Å². The molecule has 4 rings (SSSR count). The summed E-state index contributed by atoms with van der Waals surface area (Å²) in [6.45, 7) is 5.14. The van der Waals surface area contributed by atoms with E-state index >= 15 is 0 Å². The van der Waals surface area contributed by atoms with Gasteiger partial charge in [-0.2, -0.15) is 0 Å². The molecule has 118 valence electrons. The van der Waals surface area contributed by atoms with Gasteiger partial charge in [0.25, 0.3) is 5.91 Å². The first-order valence-corrected chi connectivity index (χ1v) is 8.41. The molecule has 0 radical (unpaired) electrons. The van der Waals surface area contributed by atoms with Crippen molar-refractivity contribution < 1.29 is 9.53 Å². The van der Waals surface area contributed by atoms with E-state index in [1.54, 1.807) is 11.3 Å². The first-order chi connectivity index (χ1) is 11.1. The first-order valence-electron chi connectivity index (χ1n) is 7.60. The van der Waals surface area contributed by atoms with Crippen LogP contribution in [0.2, 0.25) is 0 Å². The lowest BCUT2D eigenvalue weighted by Gasteiger charge is -2.07. The van der Waals surface area contributed by atoms with Crippen molar-refractivity contribution in [2.24, 2.45) is 0 Å². The zero-order valence-electron chi connectivity index (χ0n) is 13.0. The summed E-state index contributed by atoms with van der Waals surface area (Å²) in [5.41, 5.74) is 3.68. The number of aromatic nitrogens is 2. The van der Waals surface area contributed by atoms with E-state index in [0.29, 0.717) is 12.2 Å². The van der Waals surface area contributed by atoms with E-state index in [2.05, 4.69) is 16.4 Å². The van der Waals surface area contributed by atoms with Crippen LogP contribution in [0.5, 0.6) is 5.75 Å². The maximum absolute atomic E-state index is 12.6. The molecule has 3 aromatic rings. The average molecular weight is 327 g/mol. The molecule has 0 bridgehead atoms. The Labute approximate surface area is 137 Å². The molecule has 2 aromatic heterocycles. The van der Waals surface area contributed by atoms with E-state index in [1.807, 2.05) is 36.6 Å². The Kier molecular flexibility index (Phi) is 3.34. The third kappa shape index (κ3) is 2.49. The van der Waals surface area contributed by atoms with Crippen molar-refractivity contribution in [1.29, 1.82) is 0 Å². The highest BCUT2D eigenvalue weighted by Crippen LogP contribution is 2.26. The predicted octanol–water partition coefficient (Wildman–Crippen LogP) is 2.88. The van der Waals surface area contributed by atoms with Gasteiger partial charge in [0.2, 0.25) is 0 Å². The van der Waals surface area contributed by atoms with Crippen molar-refractivity contribution in [2.45, 2.75) is 26.8 Å². The Morgan fingerprint density at radius 1 is 1.43 bits per heavy atom. The molecule has 0 fully saturated rings. The molecular formula is C17H17N3O2S. The SMILES string of the molecule is Cc1cn2c(C(=O)NCc3ccc4c(c3)CCO4)c(C)nc2s1. The smallest absolute Gasteiger partial charge is 0.270 e. The number of ether oxygens (including phenoxy) is 1. The van der Waals surface area contributed by atoms with Crippen molar-refractivity contribution in [1.82, 2.24) is 14.7 Å². The number of fused-ring (bicyclic) bond motifs is 2. The summed E-state index contributed by atoms with van der Waals surface area (Å²) in [7, 11) is 0. The summed E-state index contributed by atoms with van der Waals surface area (Å²) in [6.07, 6.45) is 2.90. The van der Waals surface area contributed by atoms with Crippen molar-refractivity contribution in [3.05, 3.63) is 51.8 Å². The van der Waals surface area contributed by atoms with E-state index in [0.717, 1.165) is 39.9 Å². The number of rotatable bonds is 3. The van der Waals surface area contributed by atoms with Crippen molar-refractivity contribution in [3.8, 4) is 5.75 Å². The number of aryl methyl sites for hydroxylation is 2. The van der Waals surface area contributed by atoms with Crippen molar-refractivity contribution in [3.63, 3.8) is 0 Å². The van der Waals surface area contributed by atoms with E-state index in [-0.39, 0.29) is 5.91 Å². The zero-order valence-corrected chi connectivity index (χ0v) is 13.9. The second-order valence-corrected chi connectivity index (χ2v) is 6.98. The third-order valence-electron chi connectivity index (χ3n) is 4.04. The number of carbonyl (C=O) groups is 1. The lowest BCUT2D eigenvalue weighted by atomic mass is 10.1. The van der Waals surface area contributed by atoms with Crippen molar-refractivity contribution >= 4 is 22.2 Å². The number of thiazole rings is 1. The maximum atomic E-state index is 12.6. The summed E-state index contributed by atoms with van der Waals surface area (Å²) >= 11 is 1.59. The van der Waals surface area contributed by atoms with Crippen LogP contribution in [0.25, 0.3) is 4.96 Å². The predicted molar refractivity (Wildman–Crippen MR) is 89.4 cm³/mol. The van der Waals surface area contributed by atoms with Crippen LogP contribution in [0.15, 0.2) is 24.4 Å². The van der Waals surface area contributed by atoms with Gasteiger partial charge in [-0.15, -0.1) is 11.3 Å². The largest absolute Gasteiger partial charge is 0.493 e. The normalized spacial score (nSPS) is 13.1. The topological polar surface area (TPSA) is 55.6 Å². The van der Waals surface area contributed by atoms with Gasteiger partial charge in [0.15, 0.2) is 4.96 Å². The molecule has 23 heavy (non-hydrogen) atoms. The molecular weight excluding hydrogens is 310 g/mol. The van der Waals surface area contributed by atoms with Gasteiger partial charge < -0.3 is 10.1 Å². The number of imidazole rings is 1. The molecule has 0 unspecified atom stereocenters. The summed E-state index contributed by atoms with van der Waals surface area (Å²) in [5, 5.41) is 3.00. The molecule has 1 aromatic carbocycles. The van der Waals surface area contributed by atoms with Crippen molar-refractivity contribution in [2.75, 3.05) is 6.61 Å². The fraction of sp³-hybridized carbons (Fsp3) is 0.294. The highest BCUT2D eigenvalue weighted by molar-refractivity contribution is 7.17. The Bertz CT molecular complexity index is 910. The Balaban J connectivity index is 1.54. The summed E-state index contributed by atoms with van der Waals surface area (Å²) < 4.78 is 7.38. The zero-order chi connectivity index (χ0) is 16.0. The lowest BCUT2D eigenvalue weighted by molar-refractivity contribution is 0.0944. The van der Waals surface area contributed by atoms with Crippen LogP contribution in [0.4, 0.5) is 0 Å². The van der Waals surface area contributed by atoms with Gasteiger partial charge in [0.1, 0.15) is 11.4 Å². The highest BCUT2D eigenvalue weighted by atomic mass is 32.1. The number of nitrogens with zero attached hydrogens (tertiary/aromatic N) is 2. The molecule has 0 saturated heterocycles. The molecule has 0 spiro atoms. The van der Waals surface area contributed by atoms with E-state index < -0.39 is 0 Å². The van der Waals surface area contributed by atoms with Crippen LogP contribution in [0, 0.1) is 13.8 Å². The minimum Gasteiger partial charge on any atom is -0.493 e. The van der Waals surface area contributed by atoms with E-state index in [1.165, 1.54) is 5.56 Å². The monoisotopic (exact) mass is 327 g/mol. The van der Waals surface area contributed by atoms with Gasteiger partial charge in [-0.1, -0.05) is 12.1 Å². The first kappa shape index (κ1) is 14.3. The molecule has 6 heteroatoms. The molecule has 1 amide bonds. The molecule has 0 saturated carbocycles. The van der Waals surface area contributed by atoms with Crippen LogP contribution in [-0.2, 0) is 13.0 Å². The fourth-order valence-electron chi connectivity index (χ4n) is 2.95. The molecule has 1 aliphatic heterocycles. The highest BCUT2D eigenvalue weighted by Gasteiger charge is 2.18. The molecule has 5 nitrogen and oxygen atoms in total. The van der Waals surface area contributed by atoms with Gasteiger partial charge >= 0.3 is 0 Å². The van der Waals surface area contributed by atoms with Gasteiger partial charge in [-0.05, 0) is 31.0 Å². The minimum atomic E-state index is -0.0930. The Morgan fingerprint density at radius 2 is 2.30 bits per heavy atom. The average Bonchev–Trinajstić information content (AvgIpc) is 3.17. The molecule has 1 aliphatic rings. The standard InChI is InChI=1S/C17H17N3O2S/c1-10-9-20-15(11(2)19-17(20)23-10)16(21)18-8-12-3-4-14-13(7-12)5-6-22-14/h3-4,7,9H,5-6,8H2,1-2H3,(H,18,21). The number of benzene rings is 1. The van der Waals surface area contributed by atoms with Gasteiger partial charge in [-0.25, -0.2) is 4.98 Å². The molecule has 0 aliphatic carbocycles. The van der Waals surface area contributed by atoms with Crippen LogP contribution in [0.1, 0.15) is 32.2 Å². The second-order valence-electron chi connectivity index (χ2n) is 5.76. The molecule has 1 N–H and O–H groups in total. The van der Waals surface area contributed by atoms with E-state index in [4.69, 9.17) is 4.74 Å². The molecule has 3 heterocycles. The maximum Gasteiger partial charge on any atom is 0.270 e. The van der Waals surface area contributed by atoms with Gasteiger partial charge in [0.05, 0.1) is 12.3 Å². The summed E-state index contributed by atoms with van der Waals surface area (Å²) in [5.74, 6) is 0.867. The summed E-state index contributed by atoms with van der Waals surface area (Å²) in [6, 6.07) is 6.09. The lowest BCUT2D eigenvalue weighted by Crippen LogP contribution is -2.24. The minimum absolute atomic E-state index is 0.0930.